The van der Waals surface area contributed by atoms with E-state index in [1.807, 2.05) is 5.38 Å². The van der Waals surface area contributed by atoms with Gasteiger partial charge in [-0.25, -0.2) is 4.98 Å². The normalized spacial score (nSPS) is 11.1. The lowest BCUT2D eigenvalue weighted by atomic mass is 10.1. The number of carbonyl (C=O) groups is 3. The highest BCUT2D eigenvalue weighted by molar-refractivity contribution is 8.00. The molecule has 5 rings (SSSR count). The van der Waals surface area contributed by atoms with E-state index in [0.29, 0.717) is 42.7 Å². The maximum atomic E-state index is 13.3. The Kier molecular flexibility index (Phi) is 10.9. The highest BCUT2D eigenvalue weighted by Crippen LogP contribution is 2.32. The first kappa shape index (κ1) is 32.3. The number of rotatable bonds is 10. The average molecular weight is 694 g/mol. The molecule has 0 fully saturated rings. The summed E-state index contributed by atoms with van der Waals surface area (Å²) >= 11 is 20.9. The van der Waals surface area contributed by atoms with Gasteiger partial charge < -0.3 is 16.0 Å². The van der Waals surface area contributed by atoms with E-state index in [4.69, 9.17) is 34.8 Å². The van der Waals surface area contributed by atoms with Crippen molar-refractivity contribution in [1.82, 2.24) is 10.3 Å². The van der Waals surface area contributed by atoms with Crippen molar-refractivity contribution in [2.45, 2.75) is 4.90 Å². The van der Waals surface area contributed by atoms with Gasteiger partial charge in [0.05, 0.1) is 16.5 Å². The molecule has 0 unspecified atom stereocenters. The molecular weight excluding hydrogens is 671 g/mol. The number of thioether (sulfide) groups is 1. The summed E-state index contributed by atoms with van der Waals surface area (Å²) in [6, 6.07) is 27.7. The van der Waals surface area contributed by atoms with Crippen LogP contribution in [0.4, 0.5) is 10.8 Å². The van der Waals surface area contributed by atoms with Gasteiger partial charge in [0.2, 0.25) is 5.91 Å². The Hall–Kier alpha value is -4.12. The zero-order valence-corrected chi connectivity index (χ0v) is 27.1. The second kappa shape index (κ2) is 15.2. The van der Waals surface area contributed by atoms with Crippen molar-refractivity contribution in [1.29, 1.82) is 0 Å². The molecule has 7 nitrogen and oxygen atoms in total. The lowest BCUT2D eigenvalue weighted by molar-refractivity contribution is -0.114. The topological polar surface area (TPSA) is 100 Å². The fraction of sp³-hybridized carbons (Fsp3) is 0.0303. The van der Waals surface area contributed by atoms with Crippen molar-refractivity contribution in [3.8, 4) is 11.3 Å². The molecule has 4 aromatic carbocycles. The molecule has 3 amide bonds. The maximum absolute atomic E-state index is 13.3. The van der Waals surface area contributed by atoms with Crippen LogP contribution in [-0.2, 0) is 9.59 Å². The van der Waals surface area contributed by atoms with Gasteiger partial charge in [0.1, 0.15) is 5.70 Å². The molecule has 0 bridgehead atoms. The van der Waals surface area contributed by atoms with Crippen LogP contribution in [0.1, 0.15) is 15.9 Å². The van der Waals surface area contributed by atoms with Gasteiger partial charge in [-0.3, -0.25) is 14.4 Å². The first-order valence-corrected chi connectivity index (χ1v) is 16.3. The molecule has 0 radical (unpaired) electrons. The van der Waals surface area contributed by atoms with Crippen molar-refractivity contribution < 1.29 is 14.4 Å². The molecule has 12 heteroatoms. The number of benzene rings is 4. The summed E-state index contributed by atoms with van der Waals surface area (Å²) in [5.74, 6) is -0.982. The molecule has 0 atom stereocenters. The van der Waals surface area contributed by atoms with E-state index in [1.165, 1.54) is 23.1 Å². The van der Waals surface area contributed by atoms with Crippen LogP contribution in [0.25, 0.3) is 17.3 Å². The second-order valence-corrected chi connectivity index (χ2v) is 12.6. The van der Waals surface area contributed by atoms with Crippen LogP contribution in [0.5, 0.6) is 0 Å². The van der Waals surface area contributed by atoms with E-state index in [2.05, 4.69) is 20.9 Å². The number of aromatic nitrogens is 1. The largest absolute Gasteiger partial charge is 0.321 e. The van der Waals surface area contributed by atoms with Gasteiger partial charge in [-0.15, -0.1) is 23.1 Å². The van der Waals surface area contributed by atoms with Crippen LogP contribution in [0, 0.1) is 0 Å². The molecule has 1 heterocycles. The van der Waals surface area contributed by atoms with Crippen molar-refractivity contribution >= 4 is 92.5 Å². The minimum Gasteiger partial charge on any atom is -0.321 e. The maximum Gasteiger partial charge on any atom is 0.272 e. The third-order valence-corrected chi connectivity index (χ3v) is 8.72. The predicted molar refractivity (Wildman–Crippen MR) is 185 cm³/mol. The molecule has 0 aliphatic carbocycles. The predicted octanol–water partition coefficient (Wildman–Crippen LogP) is 8.91. The zero-order chi connectivity index (χ0) is 31.8. The highest BCUT2D eigenvalue weighted by Gasteiger charge is 2.16. The Morgan fingerprint density at radius 2 is 1.53 bits per heavy atom. The first-order chi connectivity index (χ1) is 21.7. The monoisotopic (exact) mass is 692 g/mol. The van der Waals surface area contributed by atoms with Crippen molar-refractivity contribution in [3.63, 3.8) is 0 Å². The quantitative estimate of drug-likeness (QED) is 0.100. The Balaban J connectivity index is 1.18. The van der Waals surface area contributed by atoms with Gasteiger partial charge in [0, 0.05) is 37.1 Å². The smallest absolute Gasteiger partial charge is 0.272 e. The van der Waals surface area contributed by atoms with E-state index in [0.717, 1.165) is 10.5 Å². The van der Waals surface area contributed by atoms with Crippen LogP contribution in [-0.4, -0.2) is 28.5 Å². The molecule has 45 heavy (non-hydrogen) atoms. The van der Waals surface area contributed by atoms with Gasteiger partial charge in [0.25, 0.3) is 11.8 Å². The van der Waals surface area contributed by atoms with Gasteiger partial charge in [-0.05, 0) is 78.4 Å². The van der Waals surface area contributed by atoms with Crippen LogP contribution in [0.15, 0.2) is 113 Å². The molecule has 226 valence electrons. The van der Waals surface area contributed by atoms with Crippen LogP contribution < -0.4 is 16.0 Å². The zero-order valence-electron chi connectivity index (χ0n) is 23.2. The van der Waals surface area contributed by atoms with Crippen molar-refractivity contribution in [2.24, 2.45) is 0 Å². The molecule has 0 saturated carbocycles. The number of halogens is 3. The number of hydrogen-bond acceptors (Lipinski definition) is 6. The molecule has 5 aromatic rings. The Morgan fingerprint density at radius 1 is 0.822 bits per heavy atom. The second-order valence-electron chi connectivity index (χ2n) is 9.41. The Morgan fingerprint density at radius 3 is 2.24 bits per heavy atom. The summed E-state index contributed by atoms with van der Waals surface area (Å²) in [4.78, 5) is 43.9. The van der Waals surface area contributed by atoms with E-state index in [9.17, 15) is 14.4 Å². The number of amides is 3. The van der Waals surface area contributed by atoms with Gasteiger partial charge in [-0.1, -0.05) is 65.1 Å². The number of hydrogen-bond donors (Lipinski definition) is 3. The van der Waals surface area contributed by atoms with Crippen LogP contribution >= 0.6 is 57.9 Å². The third kappa shape index (κ3) is 9.20. The van der Waals surface area contributed by atoms with Gasteiger partial charge in [-0.2, -0.15) is 0 Å². The molecule has 0 saturated heterocycles. The number of carbonyl (C=O) groups excluding carboxylic acids is 3. The molecule has 0 aliphatic heterocycles. The molecule has 1 aromatic heterocycles. The molecule has 3 N–H and O–H groups in total. The standard InChI is InChI=1S/C33H23Cl3N4O3S2/c34-22-8-6-20(7-9-22)16-28(38-31(42)21-4-2-1-3-5-21)32(43)37-24-11-13-25(14-12-24)44-19-30(41)40-33-39-29(18-45-33)26-15-10-23(35)17-27(26)36/h1-18H,19H2,(H,37,43)(H,38,42)(H,39,40,41)/b28-16-. The molecular formula is C33H23Cl3N4O3S2. The molecule has 0 spiro atoms. The van der Waals surface area contributed by atoms with E-state index >= 15 is 0 Å². The lowest BCUT2D eigenvalue weighted by Crippen LogP contribution is -2.30. The summed E-state index contributed by atoms with van der Waals surface area (Å²) < 4.78 is 0. The number of nitrogens with zero attached hydrogens (tertiary/aromatic N) is 1. The van der Waals surface area contributed by atoms with Gasteiger partial charge in [0.15, 0.2) is 5.13 Å². The Labute approximate surface area is 282 Å². The summed E-state index contributed by atoms with van der Waals surface area (Å²) in [5.41, 5.74) is 3.05. The van der Waals surface area contributed by atoms with Gasteiger partial charge >= 0.3 is 0 Å². The van der Waals surface area contributed by atoms with E-state index in [-0.39, 0.29) is 17.4 Å². The first-order valence-electron chi connectivity index (χ1n) is 13.3. The minimum absolute atomic E-state index is 0.0602. The highest BCUT2D eigenvalue weighted by atomic mass is 35.5. The summed E-state index contributed by atoms with van der Waals surface area (Å²) in [6.45, 7) is 0. The average Bonchev–Trinajstić information content (AvgIpc) is 3.49. The van der Waals surface area contributed by atoms with Crippen LogP contribution in [0.2, 0.25) is 15.1 Å². The summed E-state index contributed by atoms with van der Waals surface area (Å²) in [5, 5.41) is 12.2. The third-order valence-electron chi connectivity index (χ3n) is 6.15. The van der Waals surface area contributed by atoms with E-state index in [1.54, 1.807) is 103 Å². The summed E-state index contributed by atoms with van der Waals surface area (Å²) in [7, 11) is 0. The van der Waals surface area contributed by atoms with E-state index < -0.39 is 11.8 Å². The molecule has 0 aliphatic rings. The lowest BCUT2D eigenvalue weighted by Gasteiger charge is -2.12. The summed E-state index contributed by atoms with van der Waals surface area (Å²) in [6.07, 6.45) is 1.57. The Bertz CT molecular complexity index is 1860. The van der Waals surface area contributed by atoms with Crippen LogP contribution in [0.3, 0.4) is 0 Å². The fourth-order valence-electron chi connectivity index (χ4n) is 3.96. The number of nitrogens with one attached hydrogen (secondary N) is 3. The SMILES string of the molecule is O=C(CSc1ccc(NC(=O)/C(=C/c2ccc(Cl)cc2)NC(=O)c2ccccc2)cc1)Nc1nc(-c2ccc(Cl)cc2Cl)cs1. The number of thiazole rings is 1. The number of anilines is 2. The van der Waals surface area contributed by atoms with Crippen molar-refractivity contribution in [2.75, 3.05) is 16.4 Å². The fourth-order valence-corrected chi connectivity index (χ4v) is 6.01. The van der Waals surface area contributed by atoms with Crippen molar-refractivity contribution in [3.05, 3.63) is 134 Å². The minimum atomic E-state index is -0.503.